The number of allylic oxidation sites excluding steroid dienone is 1. The SMILES string of the molecule is COC(=O)C1=CC[C@H](C2CCCC2)C[C@@H]1OC(C)C. The number of ether oxygens (including phenoxy) is 2. The van der Waals surface area contributed by atoms with Crippen molar-refractivity contribution in [3.63, 3.8) is 0 Å². The Bertz CT molecular complexity index is 340. The van der Waals surface area contributed by atoms with Crippen LogP contribution in [-0.4, -0.2) is 25.3 Å². The predicted molar refractivity (Wildman–Crippen MR) is 74.8 cm³/mol. The molecule has 0 bridgehead atoms. The molecule has 0 aromatic carbocycles. The first kappa shape index (κ1) is 14.6. The van der Waals surface area contributed by atoms with Crippen molar-refractivity contribution in [2.45, 2.75) is 64.6 Å². The highest BCUT2D eigenvalue weighted by atomic mass is 16.5. The van der Waals surface area contributed by atoms with Gasteiger partial charge in [-0.1, -0.05) is 31.8 Å². The Morgan fingerprint density at radius 1 is 1.26 bits per heavy atom. The normalized spacial score (nSPS) is 28.5. The Labute approximate surface area is 116 Å². The number of methoxy groups -OCH3 is 1. The minimum absolute atomic E-state index is 0.0770. The first-order valence-electron chi connectivity index (χ1n) is 7.55. The van der Waals surface area contributed by atoms with Crippen LogP contribution in [0.1, 0.15) is 52.4 Å². The van der Waals surface area contributed by atoms with Crippen molar-refractivity contribution in [1.29, 1.82) is 0 Å². The van der Waals surface area contributed by atoms with E-state index >= 15 is 0 Å². The van der Waals surface area contributed by atoms with Crippen LogP contribution in [-0.2, 0) is 14.3 Å². The average molecular weight is 266 g/mol. The van der Waals surface area contributed by atoms with Gasteiger partial charge in [0, 0.05) is 0 Å². The van der Waals surface area contributed by atoms with Crippen LogP contribution in [0.3, 0.4) is 0 Å². The molecule has 108 valence electrons. The Morgan fingerprint density at radius 3 is 2.53 bits per heavy atom. The molecule has 0 unspecified atom stereocenters. The van der Waals surface area contributed by atoms with Gasteiger partial charge < -0.3 is 9.47 Å². The van der Waals surface area contributed by atoms with E-state index < -0.39 is 0 Å². The van der Waals surface area contributed by atoms with Crippen LogP contribution in [0.15, 0.2) is 11.6 Å². The molecule has 0 aromatic heterocycles. The van der Waals surface area contributed by atoms with E-state index in [4.69, 9.17) is 9.47 Å². The summed E-state index contributed by atoms with van der Waals surface area (Å²) in [5.41, 5.74) is 0.727. The summed E-state index contributed by atoms with van der Waals surface area (Å²) in [5.74, 6) is 1.28. The van der Waals surface area contributed by atoms with E-state index in [1.165, 1.54) is 32.8 Å². The minimum Gasteiger partial charge on any atom is -0.466 e. The molecule has 2 aliphatic rings. The number of esters is 1. The van der Waals surface area contributed by atoms with E-state index in [0.29, 0.717) is 5.92 Å². The van der Waals surface area contributed by atoms with Crippen LogP contribution in [0.4, 0.5) is 0 Å². The number of hydrogen-bond donors (Lipinski definition) is 0. The van der Waals surface area contributed by atoms with Crippen LogP contribution in [0, 0.1) is 11.8 Å². The third-order valence-electron chi connectivity index (χ3n) is 4.43. The Balaban J connectivity index is 2.07. The van der Waals surface area contributed by atoms with Gasteiger partial charge in [0.2, 0.25) is 0 Å². The van der Waals surface area contributed by atoms with Crippen LogP contribution in [0.25, 0.3) is 0 Å². The molecule has 2 rings (SSSR count). The molecule has 3 nitrogen and oxygen atoms in total. The molecule has 0 heterocycles. The molecule has 0 N–H and O–H groups in total. The first-order chi connectivity index (χ1) is 9.11. The van der Waals surface area contributed by atoms with Gasteiger partial charge in [-0.25, -0.2) is 4.79 Å². The summed E-state index contributed by atoms with van der Waals surface area (Å²) in [5, 5.41) is 0. The number of rotatable bonds is 4. The summed E-state index contributed by atoms with van der Waals surface area (Å²) in [6, 6.07) is 0. The van der Waals surface area contributed by atoms with Crippen molar-refractivity contribution < 1.29 is 14.3 Å². The second-order valence-electron chi connectivity index (χ2n) is 6.10. The lowest BCUT2D eigenvalue weighted by molar-refractivity contribution is -0.138. The molecule has 19 heavy (non-hydrogen) atoms. The molecule has 0 spiro atoms. The highest BCUT2D eigenvalue weighted by molar-refractivity contribution is 5.89. The first-order valence-corrected chi connectivity index (χ1v) is 7.55. The molecular weight excluding hydrogens is 240 g/mol. The second kappa shape index (κ2) is 6.56. The topological polar surface area (TPSA) is 35.5 Å². The molecule has 0 aromatic rings. The van der Waals surface area contributed by atoms with Gasteiger partial charge in [-0.15, -0.1) is 0 Å². The minimum atomic E-state index is -0.226. The van der Waals surface area contributed by atoms with E-state index in [-0.39, 0.29) is 18.2 Å². The Hall–Kier alpha value is -0.830. The zero-order chi connectivity index (χ0) is 13.8. The van der Waals surface area contributed by atoms with E-state index in [0.717, 1.165) is 24.3 Å². The van der Waals surface area contributed by atoms with Crippen LogP contribution in [0.2, 0.25) is 0 Å². The van der Waals surface area contributed by atoms with Gasteiger partial charge in [0.1, 0.15) is 0 Å². The fourth-order valence-corrected chi connectivity index (χ4v) is 3.51. The lowest BCUT2D eigenvalue weighted by atomic mass is 9.78. The Kier molecular flexibility index (Phi) is 5.03. The molecule has 1 fully saturated rings. The number of carbonyl (C=O) groups excluding carboxylic acids is 1. The van der Waals surface area contributed by atoms with Gasteiger partial charge in [0.25, 0.3) is 0 Å². The molecule has 2 aliphatic carbocycles. The maximum Gasteiger partial charge on any atom is 0.336 e. The monoisotopic (exact) mass is 266 g/mol. The molecule has 0 amide bonds. The molecule has 1 saturated carbocycles. The highest BCUT2D eigenvalue weighted by Crippen LogP contribution is 2.40. The number of hydrogen-bond acceptors (Lipinski definition) is 3. The van der Waals surface area contributed by atoms with Crippen molar-refractivity contribution in [3.8, 4) is 0 Å². The number of carbonyl (C=O) groups is 1. The van der Waals surface area contributed by atoms with Gasteiger partial charge in [-0.2, -0.15) is 0 Å². The lowest BCUT2D eigenvalue weighted by Gasteiger charge is -2.33. The van der Waals surface area contributed by atoms with Gasteiger partial charge in [0.05, 0.1) is 24.9 Å². The molecule has 3 heteroatoms. The smallest absolute Gasteiger partial charge is 0.336 e. The fraction of sp³-hybridized carbons (Fsp3) is 0.812. The van der Waals surface area contributed by atoms with E-state index in [1.54, 1.807) is 0 Å². The summed E-state index contributed by atoms with van der Waals surface area (Å²) in [6.07, 6.45) is 9.53. The summed E-state index contributed by atoms with van der Waals surface area (Å²) >= 11 is 0. The standard InChI is InChI=1S/C16H26O3/c1-11(2)19-15-10-13(12-6-4-5-7-12)8-9-14(15)16(17)18-3/h9,11-13,15H,4-8,10H2,1-3H3/t13-,15-/m0/s1. The molecular formula is C16H26O3. The zero-order valence-electron chi connectivity index (χ0n) is 12.4. The van der Waals surface area contributed by atoms with Crippen LogP contribution < -0.4 is 0 Å². The Morgan fingerprint density at radius 2 is 1.95 bits per heavy atom. The summed E-state index contributed by atoms with van der Waals surface area (Å²) in [4.78, 5) is 11.8. The van der Waals surface area contributed by atoms with E-state index in [9.17, 15) is 4.79 Å². The fourth-order valence-electron chi connectivity index (χ4n) is 3.51. The van der Waals surface area contributed by atoms with E-state index in [1.807, 2.05) is 13.8 Å². The van der Waals surface area contributed by atoms with Crippen molar-refractivity contribution in [2.75, 3.05) is 7.11 Å². The highest BCUT2D eigenvalue weighted by Gasteiger charge is 2.34. The summed E-state index contributed by atoms with van der Waals surface area (Å²) < 4.78 is 10.8. The van der Waals surface area contributed by atoms with Crippen molar-refractivity contribution >= 4 is 5.97 Å². The van der Waals surface area contributed by atoms with Crippen molar-refractivity contribution in [2.24, 2.45) is 11.8 Å². The summed E-state index contributed by atoms with van der Waals surface area (Å²) in [6.45, 7) is 4.04. The second-order valence-corrected chi connectivity index (χ2v) is 6.10. The van der Waals surface area contributed by atoms with Gasteiger partial charge in [-0.05, 0) is 38.5 Å². The van der Waals surface area contributed by atoms with Crippen LogP contribution >= 0.6 is 0 Å². The van der Waals surface area contributed by atoms with Crippen molar-refractivity contribution in [1.82, 2.24) is 0 Å². The molecule has 0 aliphatic heterocycles. The lowest BCUT2D eigenvalue weighted by Crippen LogP contribution is -2.32. The molecule has 0 radical (unpaired) electrons. The third-order valence-corrected chi connectivity index (χ3v) is 4.43. The quantitative estimate of drug-likeness (QED) is 0.731. The van der Waals surface area contributed by atoms with Crippen LogP contribution in [0.5, 0.6) is 0 Å². The zero-order valence-corrected chi connectivity index (χ0v) is 12.4. The largest absolute Gasteiger partial charge is 0.466 e. The average Bonchev–Trinajstić information content (AvgIpc) is 2.91. The third kappa shape index (κ3) is 3.59. The summed E-state index contributed by atoms with van der Waals surface area (Å²) in [7, 11) is 1.44. The van der Waals surface area contributed by atoms with Gasteiger partial charge >= 0.3 is 5.97 Å². The predicted octanol–water partition coefficient (Wildman–Crippen LogP) is 3.48. The van der Waals surface area contributed by atoms with Gasteiger partial charge in [-0.3, -0.25) is 0 Å². The van der Waals surface area contributed by atoms with Gasteiger partial charge in [0.15, 0.2) is 0 Å². The van der Waals surface area contributed by atoms with E-state index in [2.05, 4.69) is 6.08 Å². The maximum atomic E-state index is 11.8. The van der Waals surface area contributed by atoms with Crippen molar-refractivity contribution in [3.05, 3.63) is 11.6 Å². The molecule has 0 saturated heterocycles. The maximum absolute atomic E-state index is 11.8. The molecule has 2 atom stereocenters.